The second kappa shape index (κ2) is 12.5. The Morgan fingerprint density at radius 3 is 2.16 bits per heavy atom. The van der Waals surface area contributed by atoms with E-state index in [-0.39, 0.29) is 25.0 Å². The van der Waals surface area contributed by atoms with Gasteiger partial charge in [0.25, 0.3) is 0 Å². The van der Waals surface area contributed by atoms with Gasteiger partial charge in [0, 0.05) is 30.5 Å². The second-order valence-electron chi connectivity index (χ2n) is 6.78. The number of amides is 4. The number of H-pyrrole nitrogens is 1. The molecular formula is C17H27N7O6S. The molecule has 0 spiro atoms. The third-order valence-corrected chi connectivity index (χ3v) is 4.50. The van der Waals surface area contributed by atoms with Crippen molar-refractivity contribution in [1.29, 1.82) is 0 Å². The average Bonchev–Trinajstić information content (AvgIpc) is 3.20. The fourth-order valence-electron chi connectivity index (χ4n) is 2.41. The Balaban J connectivity index is 3.00. The van der Waals surface area contributed by atoms with Crippen molar-refractivity contribution in [2.24, 2.45) is 11.5 Å². The predicted octanol–water partition coefficient (Wildman–Crippen LogP) is -2.97. The number of primary amides is 1. The van der Waals surface area contributed by atoms with Crippen LogP contribution < -0.4 is 27.4 Å². The largest absolute Gasteiger partial charge is 0.480 e. The SMILES string of the molecule is CC(N)C(=O)NC(Cc1cnc[nH]1)C(=O)NC(CCC(N)=O)C(=O)NC(CS)C(=O)O. The summed E-state index contributed by atoms with van der Waals surface area (Å²) in [6, 6.07) is -4.60. The number of hydrogen-bond acceptors (Lipinski definition) is 8. The smallest absolute Gasteiger partial charge is 0.327 e. The van der Waals surface area contributed by atoms with E-state index in [1.54, 1.807) is 0 Å². The second-order valence-corrected chi connectivity index (χ2v) is 7.14. The predicted molar refractivity (Wildman–Crippen MR) is 112 cm³/mol. The maximum atomic E-state index is 12.8. The first-order chi connectivity index (χ1) is 14.5. The monoisotopic (exact) mass is 457 g/mol. The maximum Gasteiger partial charge on any atom is 0.327 e. The molecule has 0 fully saturated rings. The van der Waals surface area contributed by atoms with Gasteiger partial charge in [0.15, 0.2) is 0 Å². The highest BCUT2D eigenvalue weighted by molar-refractivity contribution is 7.80. The summed E-state index contributed by atoms with van der Waals surface area (Å²) in [5, 5.41) is 16.2. The number of hydrogen-bond donors (Lipinski definition) is 8. The van der Waals surface area contributed by atoms with Crippen LogP contribution in [-0.2, 0) is 30.4 Å². The lowest BCUT2D eigenvalue weighted by molar-refractivity contribution is -0.141. The third-order valence-electron chi connectivity index (χ3n) is 4.13. The van der Waals surface area contributed by atoms with E-state index < -0.39 is 53.8 Å². The van der Waals surface area contributed by atoms with Gasteiger partial charge in [-0.25, -0.2) is 9.78 Å². The number of imidazole rings is 1. The normalized spacial score (nSPS) is 14.5. The minimum absolute atomic E-state index is 0.0167. The van der Waals surface area contributed by atoms with Crippen LogP contribution in [0.2, 0.25) is 0 Å². The Hall–Kier alpha value is -3.13. The Morgan fingerprint density at radius 1 is 1.10 bits per heavy atom. The first-order valence-corrected chi connectivity index (χ1v) is 9.94. The van der Waals surface area contributed by atoms with E-state index in [4.69, 9.17) is 16.6 Å². The number of carboxylic acid groups (broad SMARTS) is 1. The molecule has 1 rings (SSSR count). The molecule has 0 radical (unpaired) electrons. The highest BCUT2D eigenvalue weighted by Crippen LogP contribution is 2.04. The molecule has 14 heteroatoms. The number of nitrogens with one attached hydrogen (secondary N) is 4. The number of rotatable bonds is 13. The van der Waals surface area contributed by atoms with Crippen LogP contribution in [-0.4, -0.2) is 74.6 Å². The summed E-state index contributed by atoms with van der Waals surface area (Å²) in [4.78, 5) is 66.4. The van der Waals surface area contributed by atoms with Crippen LogP contribution in [0.25, 0.3) is 0 Å². The van der Waals surface area contributed by atoms with Gasteiger partial charge in [0.1, 0.15) is 18.1 Å². The van der Waals surface area contributed by atoms with Crippen molar-refractivity contribution in [3.63, 3.8) is 0 Å². The van der Waals surface area contributed by atoms with E-state index in [0.29, 0.717) is 5.69 Å². The van der Waals surface area contributed by atoms with Crippen molar-refractivity contribution in [3.8, 4) is 0 Å². The topological polar surface area (TPSA) is 222 Å². The van der Waals surface area contributed by atoms with Crippen molar-refractivity contribution in [3.05, 3.63) is 18.2 Å². The summed E-state index contributed by atoms with van der Waals surface area (Å²) in [7, 11) is 0. The molecule has 4 unspecified atom stereocenters. The van der Waals surface area contributed by atoms with Crippen LogP contribution >= 0.6 is 12.6 Å². The van der Waals surface area contributed by atoms with Crippen LogP contribution in [0.1, 0.15) is 25.5 Å². The van der Waals surface area contributed by atoms with Crippen LogP contribution in [0.15, 0.2) is 12.5 Å². The molecule has 1 heterocycles. The van der Waals surface area contributed by atoms with Gasteiger partial charge in [0.2, 0.25) is 23.6 Å². The van der Waals surface area contributed by atoms with E-state index in [0.717, 1.165) is 0 Å². The number of nitrogens with two attached hydrogens (primary N) is 2. The number of aromatic amines is 1. The van der Waals surface area contributed by atoms with Crippen LogP contribution in [0.4, 0.5) is 0 Å². The van der Waals surface area contributed by atoms with E-state index in [1.807, 2.05) is 0 Å². The molecule has 1 aromatic rings. The van der Waals surface area contributed by atoms with Gasteiger partial charge in [-0.1, -0.05) is 0 Å². The number of aromatic nitrogens is 2. The summed E-state index contributed by atoms with van der Waals surface area (Å²) < 4.78 is 0. The third kappa shape index (κ3) is 9.04. The standard InChI is InChI=1S/C17H27N7O6S/c1-8(18)14(26)23-11(4-9-5-20-7-21-9)16(28)22-10(2-3-13(19)25)15(27)24-12(6-31)17(29)30/h5,7-8,10-12,31H,2-4,6,18H2,1H3,(H2,19,25)(H,20,21)(H,22,28)(H,23,26)(H,24,27)(H,29,30). The fraction of sp³-hybridized carbons (Fsp3) is 0.529. The summed E-state index contributed by atoms with van der Waals surface area (Å²) in [6.07, 6.45) is 2.45. The first-order valence-electron chi connectivity index (χ1n) is 9.31. The molecule has 0 aliphatic rings. The molecule has 1 aromatic heterocycles. The molecule has 172 valence electrons. The van der Waals surface area contributed by atoms with E-state index in [9.17, 15) is 24.0 Å². The quantitative estimate of drug-likeness (QED) is 0.142. The zero-order valence-corrected chi connectivity index (χ0v) is 17.7. The van der Waals surface area contributed by atoms with Gasteiger partial charge in [0.05, 0.1) is 12.4 Å². The van der Waals surface area contributed by atoms with Gasteiger partial charge in [-0.2, -0.15) is 12.6 Å². The van der Waals surface area contributed by atoms with Gasteiger partial charge < -0.3 is 37.5 Å². The molecule has 0 saturated carbocycles. The number of carboxylic acids is 1. The van der Waals surface area contributed by atoms with Crippen molar-refractivity contribution in [1.82, 2.24) is 25.9 Å². The molecule has 0 aromatic carbocycles. The molecule has 4 atom stereocenters. The number of carbonyl (C=O) groups is 5. The summed E-state index contributed by atoms with van der Waals surface area (Å²) >= 11 is 3.87. The summed E-state index contributed by atoms with van der Waals surface area (Å²) in [5.41, 5.74) is 11.2. The summed E-state index contributed by atoms with van der Waals surface area (Å²) in [6.45, 7) is 1.44. The van der Waals surface area contributed by atoms with Crippen LogP contribution in [0.5, 0.6) is 0 Å². The molecule has 0 bridgehead atoms. The Bertz CT molecular complexity index is 786. The minimum atomic E-state index is -1.32. The van der Waals surface area contributed by atoms with Crippen molar-refractivity contribution in [2.75, 3.05) is 5.75 Å². The molecule has 4 amide bonds. The lowest BCUT2D eigenvalue weighted by Crippen LogP contribution is -2.57. The number of thiol groups is 1. The number of aliphatic carboxylic acids is 1. The maximum absolute atomic E-state index is 12.8. The van der Waals surface area contributed by atoms with Crippen molar-refractivity contribution in [2.45, 2.75) is 50.4 Å². The number of nitrogens with zero attached hydrogens (tertiary/aromatic N) is 1. The molecule has 9 N–H and O–H groups in total. The Morgan fingerprint density at radius 2 is 1.68 bits per heavy atom. The molecular weight excluding hydrogens is 430 g/mol. The highest BCUT2D eigenvalue weighted by Gasteiger charge is 2.30. The zero-order valence-electron chi connectivity index (χ0n) is 16.8. The molecule has 0 saturated heterocycles. The first kappa shape index (κ1) is 25.9. The van der Waals surface area contributed by atoms with E-state index >= 15 is 0 Å². The van der Waals surface area contributed by atoms with Crippen molar-refractivity contribution >= 4 is 42.2 Å². The minimum Gasteiger partial charge on any atom is -0.480 e. The Kier molecular flexibility index (Phi) is 10.5. The Labute approximate surface area is 183 Å². The van der Waals surface area contributed by atoms with E-state index in [2.05, 4.69) is 38.5 Å². The molecule has 0 aliphatic carbocycles. The van der Waals surface area contributed by atoms with Gasteiger partial charge in [-0.05, 0) is 13.3 Å². The van der Waals surface area contributed by atoms with Crippen molar-refractivity contribution < 1.29 is 29.1 Å². The lowest BCUT2D eigenvalue weighted by Gasteiger charge is -2.24. The van der Waals surface area contributed by atoms with Crippen LogP contribution in [0.3, 0.4) is 0 Å². The molecule has 0 aliphatic heterocycles. The van der Waals surface area contributed by atoms with Crippen LogP contribution in [0, 0.1) is 0 Å². The molecule has 13 nitrogen and oxygen atoms in total. The highest BCUT2D eigenvalue weighted by atomic mass is 32.1. The average molecular weight is 458 g/mol. The number of carbonyl (C=O) groups excluding carboxylic acids is 4. The van der Waals surface area contributed by atoms with E-state index in [1.165, 1.54) is 19.4 Å². The van der Waals surface area contributed by atoms with Gasteiger partial charge in [-0.3, -0.25) is 19.2 Å². The lowest BCUT2D eigenvalue weighted by atomic mass is 10.1. The summed E-state index contributed by atoms with van der Waals surface area (Å²) in [5.74, 6) is -4.40. The van der Waals surface area contributed by atoms with Gasteiger partial charge >= 0.3 is 5.97 Å². The van der Waals surface area contributed by atoms with Gasteiger partial charge in [-0.15, -0.1) is 0 Å². The zero-order chi connectivity index (χ0) is 23.6. The molecule has 31 heavy (non-hydrogen) atoms. The fourth-order valence-corrected chi connectivity index (χ4v) is 2.66.